The molecular formula is C20H28FNO3. The SMILES string of the molecule is Fc1ccc(CN2C[C@@H](OCC3CCOCC3)[C@H]3OCCC[C@H]32)cc1. The van der Waals surface area contributed by atoms with E-state index in [4.69, 9.17) is 14.2 Å². The van der Waals surface area contributed by atoms with Gasteiger partial charge >= 0.3 is 0 Å². The highest BCUT2D eigenvalue weighted by molar-refractivity contribution is 5.17. The monoisotopic (exact) mass is 349 g/mol. The fraction of sp³-hybridized carbons (Fsp3) is 0.700. The highest BCUT2D eigenvalue weighted by atomic mass is 19.1. The number of likely N-dealkylation sites (tertiary alicyclic amines) is 1. The molecule has 3 aliphatic heterocycles. The van der Waals surface area contributed by atoms with Crippen LogP contribution in [0.3, 0.4) is 0 Å². The van der Waals surface area contributed by atoms with Crippen LogP contribution >= 0.6 is 0 Å². The summed E-state index contributed by atoms with van der Waals surface area (Å²) in [7, 11) is 0. The van der Waals surface area contributed by atoms with Crippen LogP contribution in [0.2, 0.25) is 0 Å². The Morgan fingerprint density at radius 2 is 1.88 bits per heavy atom. The van der Waals surface area contributed by atoms with E-state index in [2.05, 4.69) is 4.90 Å². The van der Waals surface area contributed by atoms with Gasteiger partial charge in [0.15, 0.2) is 0 Å². The van der Waals surface area contributed by atoms with Crippen LogP contribution in [0.25, 0.3) is 0 Å². The number of fused-ring (bicyclic) bond motifs is 1. The minimum Gasteiger partial charge on any atom is -0.381 e. The molecule has 0 unspecified atom stereocenters. The number of nitrogens with zero attached hydrogens (tertiary/aromatic N) is 1. The lowest BCUT2D eigenvalue weighted by atomic mass is 10.0. The van der Waals surface area contributed by atoms with Crippen LogP contribution in [0.4, 0.5) is 4.39 Å². The lowest BCUT2D eigenvalue weighted by Crippen LogP contribution is -2.42. The Bertz CT molecular complexity index is 546. The molecule has 25 heavy (non-hydrogen) atoms. The maximum atomic E-state index is 13.1. The Labute approximate surface area is 149 Å². The molecule has 3 fully saturated rings. The maximum absolute atomic E-state index is 13.1. The normalized spacial score (nSPS) is 31.2. The summed E-state index contributed by atoms with van der Waals surface area (Å²) in [5, 5.41) is 0. The average Bonchev–Trinajstić information content (AvgIpc) is 3.01. The van der Waals surface area contributed by atoms with E-state index in [0.29, 0.717) is 12.0 Å². The van der Waals surface area contributed by atoms with Gasteiger partial charge in [-0.15, -0.1) is 0 Å². The molecule has 0 bridgehead atoms. The Hall–Kier alpha value is -1.01. The lowest BCUT2D eigenvalue weighted by molar-refractivity contribution is -0.0892. The summed E-state index contributed by atoms with van der Waals surface area (Å²) < 4.78 is 31.0. The zero-order valence-electron chi connectivity index (χ0n) is 14.7. The minimum absolute atomic E-state index is 0.147. The fourth-order valence-corrected chi connectivity index (χ4v) is 4.33. The molecule has 0 aliphatic carbocycles. The molecule has 0 amide bonds. The van der Waals surface area contributed by atoms with E-state index in [0.717, 1.165) is 70.8 Å². The van der Waals surface area contributed by atoms with Crippen molar-refractivity contribution in [2.75, 3.05) is 33.0 Å². The highest BCUT2D eigenvalue weighted by Gasteiger charge is 2.44. The topological polar surface area (TPSA) is 30.9 Å². The van der Waals surface area contributed by atoms with Crippen LogP contribution < -0.4 is 0 Å². The van der Waals surface area contributed by atoms with Crippen LogP contribution in [0.5, 0.6) is 0 Å². The van der Waals surface area contributed by atoms with Crippen molar-refractivity contribution >= 4 is 0 Å². The van der Waals surface area contributed by atoms with Gasteiger partial charge in [0.1, 0.15) is 11.9 Å². The first-order valence-electron chi connectivity index (χ1n) is 9.59. The molecule has 0 spiro atoms. The Kier molecular flexibility index (Phi) is 5.66. The Balaban J connectivity index is 1.37. The summed E-state index contributed by atoms with van der Waals surface area (Å²) in [5.41, 5.74) is 1.15. The van der Waals surface area contributed by atoms with Crippen LogP contribution in [0.15, 0.2) is 24.3 Å². The van der Waals surface area contributed by atoms with E-state index in [1.54, 1.807) is 12.1 Å². The van der Waals surface area contributed by atoms with Crippen LogP contribution in [-0.4, -0.2) is 56.1 Å². The predicted molar refractivity (Wildman–Crippen MR) is 92.9 cm³/mol. The zero-order valence-corrected chi connectivity index (χ0v) is 14.7. The molecule has 1 aromatic rings. The summed E-state index contributed by atoms with van der Waals surface area (Å²) in [4.78, 5) is 2.46. The van der Waals surface area contributed by atoms with Crippen molar-refractivity contribution in [1.82, 2.24) is 4.90 Å². The van der Waals surface area contributed by atoms with E-state index >= 15 is 0 Å². The number of hydrogen-bond acceptors (Lipinski definition) is 4. The maximum Gasteiger partial charge on any atom is 0.123 e. The van der Waals surface area contributed by atoms with E-state index in [-0.39, 0.29) is 18.0 Å². The van der Waals surface area contributed by atoms with Gasteiger partial charge in [0.2, 0.25) is 0 Å². The van der Waals surface area contributed by atoms with Crippen molar-refractivity contribution < 1.29 is 18.6 Å². The predicted octanol–water partition coefficient (Wildman–Crippen LogP) is 3.00. The molecular weight excluding hydrogens is 321 g/mol. The Morgan fingerprint density at radius 3 is 2.68 bits per heavy atom. The first-order chi connectivity index (χ1) is 12.3. The molecule has 138 valence electrons. The number of benzene rings is 1. The third kappa shape index (κ3) is 4.22. The summed E-state index contributed by atoms with van der Waals surface area (Å²) in [6, 6.07) is 7.26. The smallest absolute Gasteiger partial charge is 0.123 e. The standard InChI is InChI=1S/C20H28FNO3/c21-17-5-3-15(4-6-17)12-22-13-19(20-18(22)2-1-9-24-20)25-14-16-7-10-23-11-8-16/h3-6,16,18-20H,1-2,7-14H2/t18-,19-,20+/m1/s1. The average molecular weight is 349 g/mol. The molecule has 3 heterocycles. The first-order valence-corrected chi connectivity index (χ1v) is 9.59. The summed E-state index contributed by atoms with van der Waals surface area (Å²) in [6.07, 6.45) is 4.78. The molecule has 0 N–H and O–H groups in total. The third-order valence-corrected chi connectivity index (χ3v) is 5.77. The molecule has 0 radical (unpaired) electrons. The van der Waals surface area contributed by atoms with Crippen molar-refractivity contribution in [2.24, 2.45) is 5.92 Å². The minimum atomic E-state index is -0.179. The van der Waals surface area contributed by atoms with Crippen LogP contribution in [0.1, 0.15) is 31.2 Å². The quantitative estimate of drug-likeness (QED) is 0.818. The largest absolute Gasteiger partial charge is 0.381 e. The molecule has 5 heteroatoms. The van der Waals surface area contributed by atoms with Crippen molar-refractivity contribution in [3.63, 3.8) is 0 Å². The van der Waals surface area contributed by atoms with E-state index in [9.17, 15) is 4.39 Å². The number of hydrogen-bond donors (Lipinski definition) is 0. The molecule has 0 aromatic heterocycles. The van der Waals surface area contributed by atoms with Gasteiger partial charge in [0.25, 0.3) is 0 Å². The highest BCUT2D eigenvalue weighted by Crippen LogP contribution is 2.32. The van der Waals surface area contributed by atoms with E-state index in [1.807, 2.05) is 12.1 Å². The second-order valence-electron chi connectivity index (χ2n) is 7.53. The molecule has 3 aliphatic rings. The van der Waals surface area contributed by atoms with E-state index in [1.165, 1.54) is 0 Å². The third-order valence-electron chi connectivity index (χ3n) is 5.77. The van der Waals surface area contributed by atoms with Crippen molar-refractivity contribution in [1.29, 1.82) is 0 Å². The van der Waals surface area contributed by atoms with Crippen molar-refractivity contribution in [3.8, 4) is 0 Å². The van der Waals surface area contributed by atoms with Gasteiger partial charge in [-0.25, -0.2) is 4.39 Å². The van der Waals surface area contributed by atoms with Crippen LogP contribution in [-0.2, 0) is 20.8 Å². The summed E-state index contributed by atoms with van der Waals surface area (Å²) in [5.74, 6) is 0.434. The number of halogens is 1. The molecule has 4 nitrogen and oxygen atoms in total. The molecule has 3 saturated heterocycles. The molecule has 4 rings (SSSR count). The van der Waals surface area contributed by atoms with Gasteiger partial charge < -0.3 is 14.2 Å². The van der Waals surface area contributed by atoms with Gasteiger partial charge in [0.05, 0.1) is 12.7 Å². The van der Waals surface area contributed by atoms with E-state index < -0.39 is 0 Å². The second kappa shape index (κ2) is 8.12. The number of rotatable bonds is 5. The fourth-order valence-electron chi connectivity index (χ4n) is 4.33. The molecule has 3 atom stereocenters. The first kappa shape index (κ1) is 17.4. The summed E-state index contributed by atoms with van der Waals surface area (Å²) >= 11 is 0. The summed E-state index contributed by atoms with van der Waals surface area (Å²) in [6.45, 7) is 5.10. The van der Waals surface area contributed by atoms with Gasteiger partial charge in [0, 0.05) is 39.0 Å². The molecule has 1 aromatic carbocycles. The lowest BCUT2D eigenvalue weighted by Gasteiger charge is -2.32. The van der Waals surface area contributed by atoms with Gasteiger partial charge in [-0.3, -0.25) is 4.90 Å². The van der Waals surface area contributed by atoms with Gasteiger partial charge in [-0.1, -0.05) is 12.1 Å². The van der Waals surface area contributed by atoms with Crippen LogP contribution in [0, 0.1) is 11.7 Å². The zero-order chi connectivity index (χ0) is 17.1. The van der Waals surface area contributed by atoms with Crippen molar-refractivity contribution in [3.05, 3.63) is 35.6 Å². The Morgan fingerprint density at radius 1 is 1.08 bits per heavy atom. The van der Waals surface area contributed by atoms with Gasteiger partial charge in [-0.2, -0.15) is 0 Å². The van der Waals surface area contributed by atoms with Crippen molar-refractivity contribution in [2.45, 2.75) is 50.5 Å². The molecule has 0 saturated carbocycles. The second-order valence-corrected chi connectivity index (χ2v) is 7.53. The van der Waals surface area contributed by atoms with Gasteiger partial charge in [-0.05, 0) is 49.3 Å². The number of ether oxygens (including phenoxy) is 3.